The van der Waals surface area contributed by atoms with Gasteiger partial charge in [0, 0.05) is 18.9 Å². The average Bonchev–Trinajstić information content (AvgIpc) is 2.40. The second-order valence-corrected chi connectivity index (χ2v) is 4.45. The maximum absolute atomic E-state index is 11.7. The molecule has 1 heterocycles. The molecule has 5 heteroatoms. The monoisotopic (exact) mass is 251 g/mol. The standard InChI is InChI=1S/C13H17NO4/c1-17-9-2-3-11(14)10(8-9)13(12(15)16)4-6-18-7-5-13/h2-3,8H,4-7,14H2,1H3,(H,15,16). The Hall–Kier alpha value is -1.75. The van der Waals surface area contributed by atoms with Crippen molar-refractivity contribution >= 4 is 11.7 Å². The number of nitrogen functional groups attached to an aromatic ring is 1. The van der Waals surface area contributed by atoms with E-state index in [1.54, 1.807) is 25.3 Å². The van der Waals surface area contributed by atoms with Gasteiger partial charge in [-0.25, -0.2) is 0 Å². The fourth-order valence-electron chi connectivity index (χ4n) is 2.40. The Morgan fingerprint density at radius 1 is 1.44 bits per heavy atom. The van der Waals surface area contributed by atoms with Crippen LogP contribution in [0, 0.1) is 0 Å². The van der Waals surface area contributed by atoms with Gasteiger partial charge in [-0.2, -0.15) is 0 Å². The normalized spacial score (nSPS) is 18.3. The Labute approximate surface area is 106 Å². The third-order valence-electron chi connectivity index (χ3n) is 3.53. The van der Waals surface area contributed by atoms with Crippen molar-refractivity contribution < 1.29 is 19.4 Å². The minimum Gasteiger partial charge on any atom is -0.497 e. The van der Waals surface area contributed by atoms with Gasteiger partial charge in [-0.3, -0.25) is 4.79 Å². The molecule has 0 aromatic heterocycles. The fourth-order valence-corrected chi connectivity index (χ4v) is 2.40. The maximum Gasteiger partial charge on any atom is 0.314 e. The number of aliphatic carboxylic acids is 1. The molecular formula is C13H17NO4. The molecular weight excluding hydrogens is 234 g/mol. The van der Waals surface area contributed by atoms with Gasteiger partial charge in [0.2, 0.25) is 0 Å². The molecule has 5 nitrogen and oxygen atoms in total. The lowest BCUT2D eigenvalue weighted by atomic mass is 9.73. The largest absolute Gasteiger partial charge is 0.497 e. The Balaban J connectivity index is 2.51. The SMILES string of the molecule is COc1ccc(N)c(C2(C(=O)O)CCOCC2)c1. The number of anilines is 1. The highest BCUT2D eigenvalue weighted by atomic mass is 16.5. The van der Waals surface area contributed by atoms with Crippen molar-refractivity contribution in [3.05, 3.63) is 23.8 Å². The van der Waals surface area contributed by atoms with E-state index in [-0.39, 0.29) is 0 Å². The average molecular weight is 251 g/mol. The molecule has 1 aromatic rings. The van der Waals surface area contributed by atoms with Crippen LogP contribution in [-0.2, 0) is 14.9 Å². The smallest absolute Gasteiger partial charge is 0.314 e. The van der Waals surface area contributed by atoms with Crippen molar-refractivity contribution in [2.45, 2.75) is 18.3 Å². The van der Waals surface area contributed by atoms with Crippen LogP contribution >= 0.6 is 0 Å². The van der Waals surface area contributed by atoms with Crippen LogP contribution in [0.25, 0.3) is 0 Å². The third-order valence-corrected chi connectivity index (χ3v) is 3.53. The van der Waals surface area contributed by atoms with E-state index in [2.05, 4.69) is 0 Å². The summed E-state index contributed by atoms with van der Waals surface area (Å²) in [6, 6.07) is 5.14. The predicted octanol–water partition coefficient (Wildman–Crippen LogP) is 1.41. The fraction of sp³-hybridized carbons (Fsp3) is 0.462. The summed E-state index contributed by atoms with van der Waals surface area (Å²) in [7, 11) is 1.55. The van der Waals surface area contributed by atoms with E-state index in [0.717, 1.165) is 0 Å². The van der Waals surface area contributed by atoms with Gasteiger partial charge in [-0.15, -0.1) is 0 Å². The van der Waals surface area contributed by atoms with Crippen LogP contribution in [0.3, 0.4) is 0 Å². The number of benzene rings is 1. The van der Waals surface area contributed by atoms with Gasteiger partial charge in [-0.1, -0.05) is 0 Å². The number of carboxylic acids is 1. The van der Waals surface area contributed by atoms with E-state index >= 15 is 0 Å². The van der Waals surface area contributed by atoms with Gasteiger partial charge >= 0.3 is 5.97 Å². The molecule has 0 amide bonds. The zero-order valence-corrected chi connectivity index (χ0v) is 10.3. The summed E-state index contributed by atoms with van der Waals surface area (Å²) >= 11 is 0. The van der Waals surface area contributed by atoms with Crippen molar-refractivity contribution in [2.75, 3.05) is 26.1 Å². The Kier molecular flexibility index (Phi) is 3.43. The molecule has 0 aliphatic carbocycles. The summed E-state index contributed by atoms with van der Waals surface area (Å²) in [6.45, 7) is 0.867. The van der Waals surface area contributed by atoms with Crippen LogP contribution < -0.4 is 10.5 Å². The highest BCUT2D eigenvalue weighted by Gasteiger charge is 2.43. The minimum absolute atomic E-state index is 0.430. The summed E-state index contributed by atoms with van der Waals surface area (Å²) in [5, 5.41) is 9.58. The Bertz CT molecular complexity index is 452. The van der Waals surface area contributed by atoms with Crippen LogP contribution in [0.4, 0.5) is 5.69 Å². The molecule has 1 aromatic carbocycles. The summed E-state index contributed by atoms with van der Waals surface area (Å²) in [6.07, 6.45) is 0.861. The highest BCUT2D eigenvalue weighted by Crippen LogP contribution is 2.39. The number of nitrogens with two attached hydrogens (primary N) is 1. The first kappa shape index (κ1) is 12.7. The van der Waals surface area contributed by atoms with Crippen LogP contribution in [0.2, 0.25) is 0 Å². The minimum atomic E-state index is -0.961. The van der Waals surface area contributed by atoms with Crippen molar-refractivity contribution in [3.8, 4) is 5.75 Å². The molecule has 1 saturated heterocycles. The Morgan fingerprint density at radius 2 is 2.11 bits per heavy atom. The molecule has 3 N–H and O–H groups in total. The number of carboxylic acid groups (broad SMARTS) is 1. The number of hydrogen-bond acceptors (Lipinski definition) is 4. The topological polar surface area (TPSA) is 81.8 Å². The molecule has 1 aliphatic rings. The number of methoxy groups -OCH3 is 1. The lowest BCUT2D eigenvalue weighted by Crippen LogP contribution is -2.41. The van der Waals surface area contributed by atoms with Crippen LogP contribution in [0.1, 0.15) is 18.4 Å². The first-order valence-corrected chi connectivity index (χ1v) is 5.85. The molecule has 1 fully saturated rings. The number of ether oxygens (including phenoxy) is 2. The first-order valence-electron chi connectivity index (χ1n) is 5.85. The van der Waals surface area contributed by atoms with Gasteiger partial charge in [-0.05, 0) is 36.6 Å². The quantitative estimate of drug-likeness (QED) is 0.794. The van der Waals surface area contributed by atoms with E-state index in [1.165, 1.54) is 0 Å². The Morgan fingerprint density at radius 3 is 2.67 bits per heavy atom. The van der Waals surface area contributed by atoms with Crippen molar-refractivity contribution in [2.24, 2.45) is 0 Å². The van der Waals surface area contributed by atoms with Crippen LogP contribution in [0.5, 0.6) is 5.75 Å². The van der Waals surface area contributed by atoms with Crippen molar-refractivity contribution in [3.63, 3.8) is 0 Å². The van der Waals surface area contributed by atoms with Gasteiger partial charge < -0.3 is 20.3 Å². The summed E-state index contributed by atoms with van der Waals surface area (Å²) < 4.78 is 10.4. The van der Waals surface area contributed by atoms with Gasteiger partial charge in [0.05, 0.1) is 12.5 Å². The second kappa shape index (κ2) is 4.86. The lowest BCUT2D eigenvalue weighted by molar-refractivity contribution is -0.147. The molecule has 98 valence electrons. The molecule has 0 bridgehead atoms. The molecule has 18 heavy (non-hydrogen) atoms. The first-order chi connectivity index (χ1) is 8.60. The molecule has 2 rings (SSSR count). The van der Waals surface area contributed by atoms with Crippen molar-refractivity contribution in [1.82, 2.24) is 0 Å². The highest BCUT2D eigenvalue weighted by molar-refractivity contribution is 5.84. The van der Waals surface area contributed by atoms with E-state index in [1.807, 2.05) is 0 Å². The zero-order chi connectivity index (χ0) is 13.2. The summed E-state index contributed by atoms with van der Waals surface area (Å²) in [4.78, 5) is 11.7. The molecule has 0 atom stereocenters. The lowest BCUT2D eigenvalue weighted by Gasteiger charge is -2.34. The van der Waals surface area contributed by atoms with Gasteiger partial charge in [0.1, 0.15) is 5.75 Å². The molecule has 0 radical (unpaired) electrons. The zero-order valence-electron chi connectivity index (χ0n) is 10.3. The third kappa shape index (κ3) is 2.01. The molecule has 1 aliphatic heterocycles. The predicted molar refractivity (Wildman–Crippen MR) is 66.8 cm³/mol. The van der Waals surface area contributed by atoms with Crippen molar-refractivity contribution in [1.29, 1.82) is 0 Å². The maximum atomic E-state index is 11.7. The number of hydrogen-bond donors (Lipinski definition) is 2. The summed E-state index contributed by atoms with van der Waals surface area (Å²) in [5.41, 5.74) is 6.09. The van der Waals surface area contributed by atoms with Gasteiger partial charge in [0.25, 0.3) is 0 Å². The molecule has 0 saturated carbocycles. The summed E-state index contributed by atoms with van der Waals surface area (Å²) in [5.74, 6) is -0.239. The van der Waals surface area contributed by atoms with E-state index in [4.69, 9.17) is 15.2 Å². The van der Waals surface area contributed by atoms with E-state index in [0.29, 0.717) is 43.1 Å². The van der Waals surface area contributed by atoms with Crippen LogP contribution in [0.15, 0.2) is 18.2 Å². The van der Waals surface area contributed by atoms with Gasteiger partial charge in [0.15, 0.2) is 0 Å². The van der Waals surface area contributed by atoms with E-state index in [9.17, 15) is 9.90 Å². The molecule has 0 unspecified atom stereocenters. The molecule has 0 spiro atoms. The number of rotatable bonds is 3. The number of carbonyl (C=O) groups is 1. The second-order valence-electron chi connectivity index (χ2n) is 4.45. The van der Waals surface area contributed by atoms with Crippen LogP contribution in [-0.4, -0.2) is 31.4 Å². The van der Waals surface area contributed by atoms with E-state index < -0.39 is 11.4 Å².